The average Bonchev–Trinajstić information content (AvgIpc) is 2.62. The van der Waals surface area contributed by atoms with Crippen molar-refractivity contribution in [2.24, 2.45) is 0 Å². The van der Waals surface area contributed by atoms with Crippen molar-refractivity contribution in [3.8, 4) is 5.82 Å². The van der Waals surface area contributed by atoms with Gasteiger partial charge in [-0.1, -0.05) is 15.9 Å². The predicted molar refractivity (Wildman–Crippen MR) is 53.8 cm³/mol. The second kappa shape index (κ2) is 3.30. The van der Waals surface area contributed by atoms with Crippen LogP contribution < -0.4 is 0 Å². The third kappa shape index (κ3) is 1.49. The van der Waals surface area contributed by atoms with Crippen molar-refractivity contribution in [2.45, 2.75) is 6.92 Å². The van der Waals surface area contributed by atoms with E-state index in [1.54, 1.807) is 17.1 Å². The van der Waals surface area contributed by atoms with Gasteiger partial charge in [0.1, 0.15) is 0 Å². The molecule has 3 nitrogen and oxygen atoms in total. The molecule has 0 aliphatic rings. The highest BCUT2D eigenvalue weighted by atomic mass is 79.9. The van der Waals surface area contributed by atoms with Gasteiger partial charge in [0.15, 0.2) is 5.82 Å². The highest BCUT2D eigenvalue weighted by Gasteiger charge is 2.04. The highest BCUT2D eigenvalue weighted by molar-refractivity contribution is 9.10. The van der Waals surface area contributed by atoms with Crippen LogP contribution in [-0.4, -0.2) is 14.8 Å². The van der Waals surface area contributed by atoms with Gasteiger partial charge in [-0.05, 0) is 19.1 Å². The molecule has 2 aromatic heterocycles. The first kappa shape index (κ1) is 8.44. The maximum absolute atomic E-state index is 4.25. The van der Waals surface area contributed by atoms with Crippen LogP contribution in [0.3, 0.4) is 0 Å². The molecule has 0 N–H and O–H groups in total. The quantitative estimate of drug-likeness (QED) is 0.763. The summed E-state index contributed by atoms with van der Waals surface area (Å²) < 4.78 is 2.80. The zero-order chi connectivity index (χ0) is 9.26. The van der Waals surface area contributed by atoms with E-state index in [0.29, 0.717) is 0 Å². The molecule has 0 amide bonds. The van der Waals surface area contributed by atoms with Crippen molar-refractivity contribution < 1.29 is 0 Å². The van der Waals surface area contributed by atoms with Crippen LogP contribution in [0.1, 0.15) is 5.56 Å². The zero-order valence-corrected chi connectivity index (χ0v) is 8.69. The van der Waals surface area contributed by atoms with Gasteiger partial charge in [0, 0.05) is 28.6 Å². The zero-order valence-electron chi connectivity index (χ0n) is 7.11. The molecule has 0 aromatic carbocycles. The first-order valence-electron chi connectivity index (χ1n) is 3.90. The molecule has 0 atom stereocenters. The molecule has 0 fully saturated rings. The van der Waals surface area contributed by atoms with Crippen molar-refractivity contribution in [3.05, 3.63) is 40.8 Å². The van der Waals surface area contributed by atoms with Crippen LogP contribution in [0.2, 0.25) is 0 Å². The maximum atomic E-state index is 4.25. The van der Waals surface area contributed by atoms with Gasteiger partial charge < -0.3 is 0 Å². The first-order valence-corrected chi connectivity index (χ1v) is 4.69. The SMILES string of the molecule is Cc1c(Br)ccnc1-n1cccn1. The van der Waals surface area contributed by atoms with Gasteiger partial charge in [0.05, 0.1) is 0 Å². The molecule has 0 spiro atoms. The average molecular weight is 238 g/mol. The van der Waals surface area contributed by atoms with E-state index >= 15 is 0 Å². The van der Waals surface area contributed by atoms with E-state index in [1.165, 1.54) is 0 Å². The Morgan fingerprint density at radius 1 is 1.38 bits per heavy atom. The molecule has 4 heteroatoms. The van der Waals surface area contributed by atoms with Crippen LogP contribution in [-0.2, 0) is 0 Å². The number of rotatable bonds is 1. The van der Waals surface area contributed by atoms with E-state index < -0.39 is 0 Å². The summed E-state index contributed by atoms with van der Waals surface area (Å²) in [6, 6.07) is 3.80. The maximum Gasteiger partial charge on any atom is 0.157 e. The summed E-state index contributed by atoms with van der Waals surface area (Å²) in [5, 5.41) is 4.12. The van der Waals surface area contributed by atoms with Crippen LogP contribution in [0, 0.1) is 6.92 Å². The standard InChI is InChI=1S/C9H8BrN3/c1-7-8(10)3-5-11-9(7)13-6-2-4-12-13/h2-6H,1H3. The molecule has 0 unspecified atom stereocenters. The second-order valence-electron chi connectivity index (χ2n) is 2.69. The van der Waals surface area contributed by atoms with Crippen molar-refractivity contribution in [2.75, 3.05) is 0 Å². The number of halogens is 1. The normalized spacial score (nSPS) is 10.3. The third-order valence-electron chi connectivity index (χ3n) is 1.83. The van der Waals surface area contributed by atoms with Gasteiger partial charge in [-0.25, -0.2) is 9.67 Å². The fraction of sp³-hybridized carbons (Fsp3) is 0.111. The number of aromatic nitrogens is 3. The van der Waals surface area contributed by atoms with Gasteiger partial charge in [-0.2, -0.15) is 5.10 Å². The van der Waals surface area contributed by atoms with E-state index in [1.807, 2.05) is 25.3 Å². The molecule has 2 rings (SSSR count). The van der Waals surface area contributed by atoms with Gasteiger partial charge in [-0.3, -0.25) is 0 Å². The lowest BCUT2D eigenvalue weighted by Crippen LogP contribution is -2.00. The molecular weight excluding hydrogens is 230 g/mol. The molecule has 0 saturated carbocycles. The molecule has 0 bridgehead atoms. The topological polar surface area (TPSA) is 30.7 Å². The number of hydrogen-bond donors (Lipinski definition) is 0. The van der Waals surface area contributed by atoms with Crippen LogP contribution in [0.5, 0.6) is 0 Å². The number of pyridine rings is 1. The van der Waals surface area contributed by atoms with Gasteiger partial charge in [-0.15, -0.1) is 0 Å². The van der Waals surface area contributed by atoms with Crippen LogP contribution >= 0.6 is 15.9 Å². The summed E-state index contributed by atoms with van der Waals surface area (Å²) in [4.78, 5) is 4.25. The smallest absolute Gasteiger partial charge is 0.157 e. The fourth-order valence-electron chi connectivity index (χ4n) is 1.13. The lowest BCUT2D eigenvalue weighted by Gasteiger charge is -2.05. The Morgan fingerprint density at radius 3 is 2.92 bits per heavy atom. The Kier molecular flexibility index (Phi) is 2.14. The molecule has 13 heavy (non-hydrogen) atoms. The third-order valence-corrected chi connectivity index (χ3v) is 2.69. The summed E-state index contributed by atoms with van der Waals surface area (Å²) in [6.07, 6.45) is 5.37. The molecule has 2 heterocycles. The van der Waals surface area contributed by atoms with Crippen LogP contribution in [0.15, 0.2) is 35.2 Å². The van der Waals surface area contributed by atoms with Gasteiger partial charge >= 0.3 is 0 Å². The van der Waals surface area contributed by atoms with E-state index in [9.17, 15) is 0 Å². The minimum Gasteiger partial charge on any atom is -0.237 e. The largest absolute Gasteiger partial charge is 0.237 e. The van der Waals surface area contributed by atoms with Crippen molar-refractivity contribution in [1.29, 1.82) is 0 Å². The lowest BCUT2D eigenvalue weighted by atomic mass is 10.3. The number of hydrogen-bond acceptors (Lipinski definition) is 2. The van der Waals surface area contributed by atoms with Crippen molar-refractivity contribution in [3.63, 3.8) is 0 Å². The number of nitrogens with zero attached hydrogens (tertiary/aromatic N) is 3. The Labute approximate surface area is 84.5 Å². The fourth-order valence-corrected chi connectivity index (χ4v) is 1.42. The van der Waals surface area contributed by atoms with Crippen molar-refractivity contribution in [1.82, 2.24) is 14.8 Å². The Bertz CT molecular complexity index is 409. The highest BCUT2D eigenvalue weighted by Crippen LogP contribution is 2.19. The van der Waals surface area contributed by atoms with E-state index in [2.05, 4.69) is 26.0 Å². The predicted octanol–water partition coefficient (Wildman–Crippen LogP) is 2.34. The van der Waals surface area contributed by atoms with Crippen LogP contribution in [0.25, 0.3) is 5.82 Å². The van der Waals surface area contributed by atoms with Gasteiger partial charge in [0.25, 0.3) is 0 Å². The van der Waals surface area contributed by atoms with Crippen LogP contribution in [0.4, 0.5) is 0 Å². The van der Waals surface area contributed by atoms with E-state index in [4.69, 9.17) is 0 Å². The minimum atomic E-state index is 0.861. The molecule has 66 valence electrons. The van der Waals surface area contributed by atoms with E-state index in [0.717, 1.165) is 15.9 Å². The summed E-state index contributed by atoms with van der Waals surface area (Å²) >= 11 is 3.45. The molecule has 0 radical (unpaired) electrons. The van der Waals surface area contributed by atoms with Crippen molar-refractivity contribution >= 4 is 15.9 Å². The summed E-state index contributed by atoms with van der Waals surface area (Å²) in [5.41, 5.74) is 1.09. The monoisotopic (exact) mass is 237 g/mol. The molecule has 0 aliphatic heterocycles. The summed E-state index contributed by atoms with van der Waals surface area (Å²) in [6.45, 7) is 2.01. The molecule has 0 aliphatic carbocycles. The summed E-state index contributed by atoms with van der Waals surface area (Å²) in [7, 11) is 0. The Hall–Kier alpha value is -1.16. The molecular formula is C9H8BrN3. The minimum absolute atomic E-state index is 0.861. The van der Waals surface area contributed by atoms with Gasteiger partial charge in [0.2, 0.25) is 0 Å². The Morgan fingerprint density at radius 2 is 2.23 bits per heavy atom. The molecule has 0 saturated heterocycles. The molecule has 2 aromatic rings. The Balaban J connectivity index is 2.59. The lowest BCUT2D eigenvalue weighted by molar-refractivity contribution is 0.836. The summed E-state index contributed by atoms with van der Waals surface area (Å²) in [5.74, 6) is 0.861. The van der Waals surface area contributed by atoms with E-state index in [-0.39, 0.29) is 0 Å². The second-order valence-corrected chi connectivity index (χ2v) is 3.55. The first-order chi connectivity index (χ1) is 6.29.